The minimum atomic E-state index is 0.0129. The van der Waals surface area contributed by atoms with Gasteiger partial charge in [0.2, 0.25) is 5.91 Å². The van der Waals surface area contributed by atoms with Crippen molar-refractivity contribution < 1.29 is 4.79 Å². The average molecular weight is 165 g/mol. The molecule has 0 fully saturated rings. The molecule has 0 spiro atoms. The molecule has 0 saturated carbocycles. The third kappa shape index (κ3) is 2.53. The van der Waals surface area contributed by atoms with Crippen molar-refractivity contribution in [1.82, 2.24) is 5.32 Å². The van der Waals surface area contributed by atoms with Crippen LogP contribution in [0.15, 0.2) is 23.4 Å². The molecule has 1 rings (SSSR count). The summed E-state index contributed by atoms with van der Waals surface area (Å²) in [5, 5.41) is 2.80. The Morgan fingerprint density at radius 1 is 1.50 bits per heavy atom. The van der Waals surface area contributed by atoms with Crippen LogP contribution < -0.4 is 5.32 Å². The van der Waals surface area contributed by atoms with Gasteiger partial charge in [0.25, 0.3) is 0 Å². The van der Waals surface area contributed by atoms with E-state index in [-0.39, 0.29) is 5.91 Å². The summed E-state index contributed by atoms with van der Waals surface area (Å²) < 4.78 is 0. The summed E-state index contributed by atoms with van der Waals surface area (Å²) in [5.41, 5.74) is 2.26. The molecule has 1 amide bonds. The van der Waals surface area contributed by atoms with Crippen molar-refractivity contribution in [2.45, 2.75) is 33.1 Å². The maximum Gasteiger partial charge on any atom is 0.220 e. The Balaban J connectivity index is 2.67. The van der Waals surface area contributed by atoms with Crippen LogP contribution in [0.25, 0.3) is 0 Å². The molecule has 0 aromatic heterocycles. The Labute approximate surface area is 73.4 Å². The zero-order chi connectivity index (χ0) is 8.97. The molecule has 0 bridgehead atoms. The first-order valence-corrected chi connectivity index (χ1v) is 4.34. The van der Waals surface area contributed by atoms with Crippen LogP contribution in [0.5, 0.6) is 0 Å². The lowest BCUT2D eigenvalue weighted by atomic mass is 10.0. The summed E-state index contributed by atoms with van der Waals surface area (Å²) in [6.45, 7) is 3.49. The van der Waals surface area contributed by atoms with Crippen LogP contribution in [0.3, 0.4) is 0 Å². The highest BCUT2D eigenvalue weighted by Gasteiger charge is 2.03. The van der Waals surface area contributed by atoms with E-state index < -0.39 is 0 Å². The first-order valence-electron chi connectivity index (χ1n) is 4.34. The van der Waals surface area contributed by atoms with Crippen LogP contribution in [-0.4, -0.2) is 5.91 Å². The molecule has 0 radical (unpaired) electrons. The van der Waals surface area contributed by atoms with Crippen LogP contribution in [0.2, 0.25) is 0 Å². The van der Waals surface area contributed by atoms with Gasteiger partial charge in [-0.3, -0.25) is 4.79 Å². The lowest BCUT2D eigenvalue weighted by Crippen LogP contribution is -2.18. The summed E-state index contributed by atoms with van der Waals surface area (Å²) in [7, 11) is 0. The number of allylic oxidation sites excluding steroid dienone is 4. The van der Waals surface area contributed by atoms with E-state index in [4.69, 9.17) is 0 Å². The second-order valence-electron chi connectivity index (χ2n) is 3.13. The minimum absolute atomic E-state index is 0.0129. The number of carbonyl (C=O) groups excluding carboxylic acids is 1. The normalized spacial score (nSPS) is 20.5. The molecule has 0 unspecified atom stereocenters. The number of carbonyl (C=O) groups is 1. The van der Waals surface area contributed by atoms with Gasteiger partial charge in [-0.1, -0.05) is 12.2 Å². The highest BCUT2D eigenvalue weighted by Crippen LogP contribution is 2.18. The molecule has 1 aliphatic carbocycles. The fraction of sp³-hybridized carbons (Fsp3) is 0.500. The van der Waals surface area contributed by atoms with Crippen LogP contribution in [0.4, 0.5) is 0 Å². The number of amides is 1. The van der Waals surface area contributed by atoms with Gasteiger partial charge in [-0.05, 0) is 31.8 Å². The summed E-state index contributed by atoms with van der Waals surface area (Å²) in [5.74, 6) is 0.0129. The minimum Gasteiger partial charge on any atom is -0.330 e. The van der Waals surface area contributed by atoms with Gasteiger partial charge in [0, 0.05) is 12.6 Å². The lowest BCUT2D eigenvalue weighted by molar-refractivity contribution is -0.118. The third-order valence-electron chi connectivity index (χ3n) is 1.98. The van der Waals surface area contributed by atoms with Crippen molar-refractivity contribution in [1.29, 1.82) is 0 Å². The van der Waals surface area contributed by atoms with Gasteiger partial charge in [0.15, 0.2) is 0 Å². The highest BCUT2D eigenvalue weighted by molar-refractivity contribution is 5.75. The Bertz CT molecular complexity index is 238. The van der Waals surface area contributed by atoms with Gasteiger partial charge >= 0.3 is 0 Å². The highest BCUT2D eigenvalue weighted by atomic mass is 16.1. The molecule has 2 nitrogen and oxygen atoms in total. The predicted molar refractivity (Wildman–Crippen MR) is 49.5 cm³/mol. The third-order valence-corrected chi connectivity index (χ3v) is 1.98. The average Bonchev–Trinajstić information content (AvgIpc) is 2.05. The topological polar surface area (TPSA) is 29.1 Å². The first-order chi connectivity index (χ1) is 5.70. The van der Waals surface area contributed by atoms with E-state index in [9.17, 15) is 4.79 Å². The van der Waals surface area contributed by atoms with Crippen molar-refractivity contribution >= 4 is 5.91 Å². The maximum atomic E-state index is 10.7. The monoisotopic (exact) mass is 165 g/mol. The fourth-order valence-electron chi connectivity index (χ4n) is 1.38. The van der Waals surface area contributed by atoms with Gasteiger partial charge in [0.05, 0.1) is 0 Å². The Morgan fingerprint density at radius 3 is 2.75 bits per heavy atom. The molecular weight excluding hydrogens is 150 g/mol. The van der Waals surface area contributed by atoms with Gasteiger partial charge in [-0.2, -0.15) is 0 Å². The molecule has 0 saturated heterocycles. The van der Waals surface area contributed by atoms with E-state index in [0.717, 1.165) is 18.5 Å². The van der Waals surface area contributed by atoms with Crippen LogP contribution in [-0.2, 0) is 4.79 Å². The van der Waals surface area contributed by atoms with Crippen LogP contribution in [0.1, 0.15) is 33.1 Å². The predicted octanol–water partition coefficient (Wildman–Crippen LogP) is 2.14. The van der Waals surface area contributed by atoms with Gasteiger partial charge in [-0.25, -0.2) is 0 Å². The lowest BCUT2D eigenvalue weighted by Gasteiger charge is -2.11. The quantitative estimate of drug-likeness (QED) is 0.633. The standard InChI is InChI=1S/C10H15NO/c1-8(11-9(2)12)10-6-4-3-5-7-10/h4,6H,3,5,7H2,1-2H3,(H,11,12)/b10-8+. The zero-order valence-corrected chi connectivity index (χ0v) is 7.68. The second kappa shape index (κ2) is 4.10. The molecule has 2 heteroatoms. The SMILES string of the molecule is CC(=O)N/C(C)=C1\C=CCCC1. The van der Waals surface area contributed by atoms with Crippen LogP contribution in [0, 0.1) is 0 Å². The fourth-order valence-corrected chi connectivity index (χ4v) is 1.38. The number of hydrogen-bond acceptors (Lipinski definition) is 1. The molecule has 0 heterocycles. The Morgan fingerprint density at radius 2 is 2.25 bits per heavy atom. The number of rotatable bonds is 1. The molecule has 0 aliphatic heterocycles. The van der Waals surface area contributed by atoms with Gasteiger partial charge in [0.1, 0.15) is 0 Å². The smallest absolute Gasteiger partial charge is 0.220 e. The van der Waals surface area contributed by atoms with Crippen molar-refractivity contribution in [3.8, 4) is 0 Å². The van der Waals surface area contributed by atoms with E-state index in [2.05, 4.69) is 17.5 Å². The van der Waals surface area contributed by atoms with Gasteiger partial charge < -0.3 is 5.32 Å². The van der Waals surface area contributed by atoms with E-state index in [1.165, 1.54) is 18.9 Å². The van der Waals surface area contributed by atoms with E-state index in [0.29, 0.717) is 0 Å². The summed E-state index contributed by atoms with van der Waals surface area (Å²) >= 11 is 0. The van der Waals surface area contributed by atoms with Crippen molar-refractivity contribution in [3.63, 3.8) is 0 Å². The molecular formula is C10H15NO. The molecule has 66 valence electrons. The second-order valence-corrected chi connectivity index (χ2v) is 3.13. The van der Waals surface area contributed by atoms with Crippen LogP contribution >= 0.6 is 0 Å². The van der Waals surface area contributed by atoms with E-state index in [1.807, 2.05) is 6.92 Å². The molecule has 0 aromatic rings. The first kappa shape index (κ1) is 9.04. The van der Waals surface area contributed by atoms with E-state index in [1.54, 1.807) is 0 Å². The Kier molecular flexibility index (Phi) is 3.09. The van der Waals surface area contributed by atoms with Crippen molar-refractivity contribution in [3.05, 3.63) is 23.4 Å². The molecule has 1 N–H and O–H groups in total. The molecule has 0 aromatic carbocycles. The zero-order valence-electron chi connectivity index (χ0n) is 7.68. The number of nitrogens with one attached hydrogen (secondary N) is 1. The molecule has 1 aliphatic rings. The Hall–Kier alpha value is -1.05. The summed E-state index contributed by atoms with van der Waals surface area (Å²) in [4.78, 5) is 10.7. The molecule has 12 heavy (non-hydrogen) atoms. The van der Waals surface area contributed by atoms with E-state index >= 15 is 0 Å². The van der Waals surface area contributed by atoms with Crippen molar-refractivity contribution in [2.24, 2.45) is 0 Å². The molecule has 0 atom stereocenters. The van der Waals surface area contributed by atoms with Gasteiger partial charge in [-0.15, -0.1) is 0 Å². The number of hydrogen-bond donors (Lipinski definition) is 1. The summed E-state index contributed by atoms with van der Waals surface area (Å²) in [6, 6.07) is 0. The largest absolute Gasteiger partial charge is 0.330 e. The maximum absolute atomic E-state index is 10.7. The summed E-state index contributed by atoms with van der Waals surface area (Å²) in [6.07, 6.45) is 7.71. The van der Waals surface area contributed by atoms with Crippen molar-refractivity contribution in [2.75, 3.05) is 0 Å².